The molecule has 0 aromatic heterocycles. The van der Waals surface area contributed by atoms with Crippen LogP contribution < -0.4 is 10.5 Å². The number of nitrogens with two attached hydrogens (primary N) is 1. The molecule has 0 saturated heterocycles. The van der Waals surface area contributed by atoms with Crippen LogP contribution in [0.3, 0.4) is 0 Å². The van der Waals surface area contributed by atoms with Gasteiger partial charge in [0.15, 0.2) is 0 Å². The van der Waals surface area contributed by atoms with E-state index < -0.39 is 0 Å². The highest BCUT2D eigenvalue weighted by atomic mass is 79.9. The molecular weight excluding hydrogens is 268 g/mol. The molecule has 1 aromatic carbocycles. The zero-order valence-electron chi connectivity index (χ0n) is 9.87. The van der Waals surface area contributed by atoms with Crippen LogP contribution in [0.15, 0.2) is 22.7 Å². The van der Waals surface area contributed by atoms with Crippen LogP contribution in [0.1, 0.15) is 12.0 Å². The molecule has 1 aromatic rings. The molecule has 0 bridgehead atoms. The fourth-order valence-electron chi connectivity index (χ4n) is 1.35. The second kappa shape index (κ2) is 6.89. The summed E-state index contributed by atoms with van der Waals surface area (Å²) < 4.78 is 6.64. The smallest absolute Gasteiger partial charge is 0.133 e. The van der Waals surface area contributed by atoms with Gasteiger partial charge in [-0.25, -0.2) is 0 Å². The molecule has 0 heterocycles. The maximum absolute atomic E-state index is 5.67. The molecule has 4 heteroatoms. The molecule has 3 nitrogen and oxygen atoms in total. The van der Waals surface area contributed by atoms with Gasteiger partial charge in [0.2, 0.25) is 0 Å². The Hall–Kier alpha value is -0.580. The van der Waals surface area contributed by atoms with Crippen molar-refractivity contribution in [3.05, 3.63) is 28.2 Å². The van der Waals surface area contributed by atoms with Gasteiger partial charge in [-0.15, -0.1) is 0 Å². The number of benzene rings is 1. The van der Waals surface area contributed by atoms with Crippen LogP contribution >= 0.6 is 15.9 Å². The number of hydrogen-bond donors (Lipinski definition) is 1. The predicted octanol–water partition coefficient (Wildman–Crippen LogP) is 2.24. The van der Waals surface area contributed by atoms with Crippen LogP contribution in [0, 0.1) is 0 Å². The summed E-state index contributed by atoms with van der Waals surface area (Å²) in [7, 11) is 4.12. The van der Waals surface area contributed by atoms with Gasteiger partial charge in [0.05, 0.1) is 11.1 Å². The molecule has 0 radical (unpaired) electrons. The fraction of sp³-hybridized carbons (Fsp3) is 0.500. The third-order valence-electron chi connectivity index (χ3n) is 2.24. The van der Waals surface area contributed by atoms with Gasteiger partial charge in [-0.2, -0.15) is 0 Å². The maximum atomic E-state index is 5.67. The molecule has 0 aliphatic heterocycles. The number of hydrogen-bond acceptors (Lipinski definition) is 3. The first-order valence-electron chi connectivity index (χ1n) is 5.39. The largest absolute Gasteiger partial charge is 0.492 e. The molecule has 90 valence electrons. The predicted molar refractivity (Wildman–Crippen MR) is 70.7 cm³/mol. The summed E-state index contributed by atoms with van der Waals surface area (Å²) in [5.41, 5.74) is 6.66. The van der Waals surface area contributed by atoms with E-state index in [4.69, 9.17) is 10.5 Å². The van der Waals surface area contributed by atoms with Gasteiger partial charge in [0, 0.05) is 13.1 Å². The van der Waals surface area contributed by atoms with Gasteiger partial charge in [-0.3, -0.25) is 0 Å². The summed E-state index contributed by atoms with van der Waals surface area (Å²) in [6.45, 7) is 2.33. The van der Waals surface area contributed by atoms with E-state index in [-0.39, 0.29) is 0 Å². The van der Waals surface area contributed by atoms with E-state index in [9.17, 15) is 0 Å². The first kappa shape index (κ1) is 13.5. The lowest BCUT2D eigenvalue weighted by Crippen LogP contribution is -2.15. The lowest BCUT2D eigenvalue weighted by atomic mass is 10.2. The van der Waals surface area contributed by atoms with Crippen LogP contribution in [-0.2, 0) is 6.54 Å². The molecule has 0 aliphatic rings. The Balaban J connectivity index is 2.42. The highest BCUT2D eigenvalue weighted by molar-refractivity contribution is 9.10. The molecule has 0 aliphatic carbocycles. The van der Waals surface area contributed by atoms with E-state index in [1.54, 1.807) is 0 Å². The van der Waals surface area contributed by atoms with Crippen molar-refractivity contribution in [1.82, 2.24) is 4.90 Å². The lowest BCUT2D eigenvalue weighted by molar-refractivity contribution is 0.280. The van der Waals surface area contributed by atoms with Crippen LogP contribution in [0.5, 0.6) is 5.75 Å². The summed E-state index contributed by atoms with van der Waals surface area (Å²) in [5, 5.41) is 0. The highest BCUT2D eigenvalue weighted by Crippen LogP contribution is 2.25. The second-order valence-electron chi connectivity index (χ2n) is 3.97. The van der Waals surface area contributed by atoms with Crippen molar-refractivity contribution in [2.45, 2.75) is 13.0 Å². The Morgan fingerprint density at radius 3 is 2.69 bits per heavy atom. The maximum Gasteiger partial charge on any atom is 0.133 e. The summed E-state index contributed by atoms with van der Waals surface area (Å²) in [5.74, 6) is 0.885. The van der Waals surface area contributed by atoms with E-state index in [1.165, 1.54) is 0 Å². The monoisotopic (exact) mass is 286 g/mol. The van der Waals surface area contributed by atoms with Crippen molar-refractivity contribution in [3.63, 3.8) is 0 Å². The Kier molecular flexibility index (Phi) is 5.80. The normalized spacial score (nSPS) is 10.8. The van der Waals surface area contributed by atoms with Crippen molar-refractivity contribution in [1.29, 1.82) is 0 Å². The molecule has 0 atom stereocenters. The third kappa shape index (κ3) is 4.51. The van der Waals surface area contributed by atoms with Gasteiger partial charge >= 0.3 is 0 Å². The van der Waals surface area contributed by atoms with Crippen molar-refractivity contribution < 1.29 is 4.74 Å². The van der Waals surface area contributed by atoms with Gasteiger partial charge in [-0.05, 0) is 54.1 Å². The fourth-order valence-corrected chi connectivity index (χ4v) is 1.89. The SMILES string of the molecule is CN(C)CCCOc1ccc(CN)cc1Br. The number of halogens is 1. The minimum absolute atomic E-state index is 0.555. The molecule has 16 heavy (non-hydrogen) atoms. The Morgan fingerprint density at radius 2 is 2.12 bits per heavy atom. The third-order valence-corrected chi connectivity index (χ3v) is 2.86. The molecule has 0 fully saturated rings. The first-order chi connectivity index (χ1) is 7.63. The van der Waals surface area contributed by atoms with Crippen LogP contribution in [-0.4, -0.2) is 32.1 Å². The lowest BCUT2D eigenvalue weighted by Gasteiger charge is -2.11. The van der Waals surface area contributed by atoms with E-state index in [2.05, 4.69) is 34.9 Å². The van der Waals surface area contributed by atoms with Crippen molar-refractivity contribution in [3.8, 4) is 5.75 Å². The minimum atomic E-state index is 0.555. The van der Waals surface area contributed by atoms with E-state index in [0.29, 0.717) is 6.54 Å². The molecule has 0 saturated carbocycles. The van der Waals surface area contributed by atoms with Crippen molar-refractivity contribution in [2.24, 2.45) is 5.73 Å². The zero-order valence-corrected chi connectivity index (χ0v) is 11.5. The molecular formula is C12H19BrN2O. The second-order valence-corrected chi connectivity index (χ2v) is 4.83. The summed E-state index contributed by atoms with van der Waals surface area (Å²) in [6.07, 6.45) is 1.03. The quantitative estimate of drug-likeness (QED) is 0.815. The van der Waals surface area contributed by atoms with Gasteiger partial charge in [0.1, 0.15) is 5.75 Å². The van der Waals surface area contributed by atoms with Gasteiger partial charge in [0.25, 0.3) is 0 Å². The zero-order chi connectivity index (χ0) is 12.0. The summed E-state index contributed by atoms with van der Waals surface area (Å²) >= 11 is 3.48. The summed E-state index contributed by atoms with van der Waals surface area (Å²) in [6, 6.07) is 5.95. The average Bonchev–Trinajstić information content (AvgIpc) is 2.25. The number of ether oxygens (including phenoxy) is 1. The Labute approximate surface area is 106 Å². The van der Waals surface area contributed by atoms with Gasteiger partial charge < -0.3 is 15.4 Å². The molecule has 2 N–H and O–H groups in total. The Bertz CT molecular complexity index is 329. The van der Waals surface area contributed by atoms with Crippen LogP contribution in [0.2, 0.25) is 0 Å². The topological polar surface area (TPSA) is 38.5 Å². The minimum Gasteiger partial charge on any atom is -0.492 e. The highest BCUT2D eigenvalue weighted by Gasteiger charge is 2.02. The summed E-state index contributed by atoms with van der Waals surface area (Å²) in [4.78, 5) is 2.15. The van der Waals surface area contributed by atoms with Crippen LogP contribution in [0.4, 0.5) is 0 Å². The molecule has 0 spiro atoms. The van der Waals surface area contributed by atoms with Crippen molar-refractivity contribution >= 4 is 15.9 Å². The molecule has 0 amide bonds. The van der Waals surface area contributed by atoms with Gasteiger partial charge in [-0.1, -0.05) is 6.07 Å². The van der Waals surface area contributed by atoms with E-state index >= 15 is 0 Å². The molecule has 1 rings (SSSR count). The number of nitrogens with zero attached hydrogens (tertiary/aromatic N) is 1. The first-order valence-corrected chi connectivity index (χ1v) is 6.19. The standard InChI is InChI=1S/C12H19BrN2O/c1-15(2)6-3-7-16-12-5-4-10(9-14)8-11(12)13/h4-5,8H,3,6-7,9,14H2,1-2H3. The Morgan fingerprint density at radius 1 is 1.38 bits per heavy atom. The van der Waals surface area contributed by atoms with E-state index in [1.807, 2.05) is 18.2 Å². The van der Waals surface area contributed by atoms with Crippen molar-refractivity contribution in [2.75, 3.05) is 27.2 Å². The molecule has 0 unspecified atom stereocenters. The average molecular weight is 287 g/mol. The van der Waals surface area contributed by atoms with Crippen LogP contribution in [0.25, 0.3) is 0 Å². The van der Waals surface area contributed by atoms with E-state index in [0.717, 1.165) is 35.4 Å². The number of rotatable bonds is 6.